The molecule has 0 saturated heterocycles. The molecular weight excluding hydrogens is 335 g/mol. The Balaban J connectivity index is 1.98. The molecule has 0 aliphatic rings. The van der Waals surface area contributed by atoms with E-state index in [1.54, 1.807) is 0 Å². The number of carbonyl (C=O) groups excluding carboxylic acids is 1. The van der Waals surface area contributed by atoms with Crippen molar-refractivity contribution in [2.24, 2.45) is 0 Å². The molecule has 0 bridgehead atoms. The number of hydrogen-bond acceptors (Lipinski definition) is 4. The molecular formula is C17H18F3N3O2. The second-order valence-corrected chi connectivity index (χ2v) is 5.51. The van der Waals surface area contributed by atoms with Crippen molar-refractivity contribution in [1.82, 2.24) is 15.3 Å². The Hall–Kier alpha value is -2.64. The summed E-state index contributed by atoms with van der Waals surface area (Å²) in [7, 11) is 0. The maximum absolute atomic E-state index is 12.1. The third-order valence-corrected chi connectivity index (χ3v) is 3.41. The van der Waals surface area contributed by atoms with Gasteiger partial charge in [0.05, 0.1) is 12.5 Å². The molecule has 0 aliphatic heterocycles. The van der Waals surface area contributed by atoms with Gasteiger partial charge >= 0.3 is 12.2 Å². The summed E-state index contributed by atoms with van der Waals surface area (Å²) < 4.78 is 41.1. The second-order valence-electron chi connectivity index (χ2n) is 5.51. The lowest BCUT2D eigenvalue weighted by Crippen LogP contribution is -2.23. The van der Waals surface area contributed by atoms with E-state index in [4.69, 9.17) is 4.74 Å². The third-order valence-electron chi connectivity index (χ3n) is 3.41. The van der Waals surface area contributed by atoms with Gasteiger partial charge in [-0.3, -0.25) is 4.79 Å². The molecule has 1 N–H and O–H groups in total. The molecule has 5 nitrogen and oxygen atoms in total. The Morgan fingerprint density at radius 2 is 1.76 bits per heavy atom. The number of hydrogen-bond donors (Lipinski definition) is 1. The van der Waals surface area contributed by atoms with E-state index in [2.05, 4.69) is 15.3 Å². The third kappa shape index (κ3) is 6.06. The number of amides is 1. The van der Waals surface area contributed by atoms with Gasteiger partial charge in [0, 0.05) is 24.9 Å². The highest BCUT2D eigenvalue weighted by Gasteiger charge is 2.27. The van der Waals surface area contributed by atoms with Crippen LogP contribution in [-0.2, 0) is 4.79 Å². The lowest BCUT2D eigenvalue weighted by molar-refractivity contribution is -0.139. The van der Waals surface area contributed by atoms with Crippen LogP contribution in [0.3, 0.4) is 0 Å². The van der Waals surface area contributed by atoms with Crippen LogP contribution in [0.5, 0.6) is 6.01 Å². The Labute approximate surface area is 143 Å². The van der Waals surface area contributed by atoms with E-state index < -0.39 is 19.2 Å². The first kappa shape index (κ1) is 18.7. The minimum absolute atomic E-state index is 0.0936. The summed E-state index contributed by atoms with van der Waals surface area (Å²) in [4.78, 5) is 18.9. The molecule has 1 aromatic carbocycles. The maximum Gasteiger partial charge on any atom is 0.392 e. The summed E-state index contributed by atoms with van der Waals surface area (Å²) >= 11 is 0. The molecule has 25 heavy (non-hydrogen) atoms. The number of benzene rings is 1. The molecule has 1 atom stereocenters. The number of nitrogens with one attached hydrogen (secondary N) is 1. The van der Waals surface area contributed by atoms with Gasteiger partial charge in [0.1, 0.15) is 6.61 Å². The highest BCUT2D eigenvalue weighted by molar-refractivity contribution is 5.73. The summed E-state index contributed by atoms with van der Waals surface area (Å²) in [5, 5.41) is 2.80. The van der Waals surface area contributed by atoms with Crippen molar-refractivity contribution in [1.29, 1.82) is 0 Å². The van der Waals surface area contributed by atoms with Crippen LogP contribution in [0.15, 0.2) is 36.7 Å². The lowest BCUT2D eigenvalue weighted by atomic mass is 10.0. The fraction of sp³-hybridized carbons (Fsp3) is 0.353. The van der Waals surface area contributed by atoms with Crippen molar-refractivity contribution in [3.05, 3.63) is 42.2 Å². The van der Waals surface area contributed by atoms with Gasteiger partial charge in [0.15, 0.2) is 0 Å². The van der Waals surface area contributed by atoms with Gasteiger partial charge < -0.3 is 10.1 Å². The zero-order valence-electron chi connectivity index (χ0n) is 13.8. The van der Waals surface area contributed by atoms with Crippen LogP contribution in [-0.4, -0.2) is 28.7 Å². The quantitative estimate of drug-likeness (QED) is 0.861. The number of halogens is 3. The molecule has 8 heteroatoms. The van der Waals surface area contributed by atoms with Crippen LogP contribution < -0.4 is 10.1 Å². The average Bonchev–Trinajstić information content (AvgIpc) is 2.54. The monoisotopic (exact) mass is 353 g/mol. The van der Waals surface area contributed by atoms with Crippen LogP contribution in [0.1, 0.15) is 31.9 Å². The Kier molecular flexibility index (Phi) is 5.95. The van der Waals surface area contributed by atoms with Crippen molar-refractivity contribution in [3.8, 4) is 17.1 Å². The van der Waals surface area contributed by atoms with Crippen molar-refractivity contribution < 1.29 is 22.7 Å². The second kappa shape index (κ2) is 7.96. The van der Waals surface area contributed by atoms with Gasteiger partial charge in [-0.1, -0.05) is 24.3 Å². The summed E-state index contributed by atoms with van der Waals surface area (Å²) in [5.41, 5.74) is 2.51. The van der Waals surface area contributed by atoms with Crippen LogP contribution in [0, 0.1) is 0 Å². The van der Waals surface area contributed by atoms with Gasteiger partial charge in [-0.2, -0.15) is 13.2 Å². The molecule has 0 unspecified atom stereocenters. The summed E-state index contributed by atoms with van der Waals surface area (Å²) in [5.74, 6) is -0.105. The summed E-state index contributed by atoms with van der Waals surface area (Å²) in [6, 6.07) is 7.27. The predicted molar refractivity (Wildman–Crippen MR) is 85.9 cm³/mol. The minimum Gasteiger partial charge on any atom is -0.463 e. The molecule has 0 saturated carbocycles. The topological polar surface area (TPSA) is 64.1 Å². The average molecular weight is 353 g/mol. The number of aromatic nitrogens is 2. The maximum atomic E-state index is 12.1. The molecule has 0 radical (unpaired) electrons. The zero-order chi connectivity index (χ0) is 18.4. The lowest BCUT2D eigenvalue weighted by Gasteiger charge is -2.13. The summed E-state index contributed by atoms with van der Waals surface area (Å²) in [6.45, 7) is 2.83. The highest BCUT2D eigenvalue weighted by atomic mass is 19.4. The van der Waals surface area contributed by atoms with Crippen molar-refractivity contribution >= 4 is 5.91 Å². The minimum atomic E-state index is -4.27. The molecule has 134 valence electrons. The molecule has 1 amide bonds. The van der Waals surface area contributed by atoms with Crippen molar-refractivity contribution in [2.75, 3.05) is 6.61 Å². The fourth-order valence-corrected chi connectivity index (χ4v) is 2.15. The molecule has 0 spiro atoms. The van der Waals surface area contributed by atoms with Crippen LogP contribution in [0.2, 0.25) is 0 Å². The molecule has 1 aromatic heterocycles. The Morgan fingerprint density at radius 3 is 2.28 bits per heavy atom. The van der Waals surface area contributed by atoms with E-state index in [0.29, 0.717) is 5.56 Å². The van der Waals surface area contributed by atoms with E-state index in [1.165, 1.54) is 19.3 Å². The van der Waals surface area contributed by atoms with Gasteiger partial charge in [0.2, 0.25) is 5.91 Å². The highest BCUT2D eigenvalue weighted by Crippen LogP contribution is 2.22. The molecule has 0 fully saturated rings. The van der Waals surface area contributed by atoms with E-state index in [-0.39, 0.29) is 18.0 Å². The van der Waals surface area contributed by atoms with Crippen LogP contribution in [0.25, 0.3) is 11.1 Å². The molecule has 2 rings (SSSR count). The summed E-state index contributed by atoms with van der Waals surface area (Å²) in [6.07, 6.45) is -2.34. The fourth-order valence-electron chi connectivity index (χ4n) is 2.15. The molecule has 1 heterocycles. The van der Waals surface area contributed by atoms with Crippen LogP contribution >= 0.6 is 0 Å². The zero-order valence-corrected chi connectivity index (χ0v) is 13.8. The predicted octanol–water partition coefficient (Wildman–Crippen LogP) is 3.67. The standard InChI is InChI=1S/C17H18F3N3O2/c1-11(23-12(2)24)13-3-5-14(6-4-13)15-9-21-16(22-10-15)25-8-7-17(18,19)20/h3-6,9-11H,7-8H2,1-2H3,(H,23,24)/t11-/m0/s1. The number of alkyl halides is 3. The van der Waals surface area contributed by atoms with E-state index >= 15 is 0 Å². The number of nitrogens with zero attached hydrogens (tertiary/aromatic N) is 2. The van der Waals surface area contributed by atoms with Gasteiger partial charge in [-0.25, -0.2) is 9.97 Å². The number of carbonyl (C=O) groups is 1. The number of ether oxygens (including phenoxy) is 1. The van der Waals surface area contributed by atoms with Crippen molar-refractivity contribution in [2.45, 2.75) is 32.5 Å². The molecule has 2 aromatic rings. The SMILES string of the molecule is CC(=O)N[C@@H](C)c1ccc(-c2cnc(OCCC(F)(F)F)nc2)cc1. The first-order valence-electron chi connectivity index (χ1n) is 7.63. The Bertz CT molecular complexity index is 701. The van der Waals surface area contributed by atoms with E-state index in [1.807, 2.05) is 31.2 Å². The normalized spacial score (nSPS) is 12.5. The first-order chi connectivity index (χ1) is 11.7. The van der Waals surface area contributed by atoms with Gasteiger partial charge in [-0.15, -0.1) is 0 Å². The van der Waals surface area contributed by atoms with E-state index in [0.717, 1.165) is 11.1 Å². The van der Waals surface area contributed by atoms with Crippen molar-refractivity contribution in [3.63, 3.8) is 0 Å². The van der Waals surface area contributed by atoms with Gasteiger partial charge in [0.25, 0.3) is 0 Å². The first-order valence-corrected chi connectivity index (χ1v) is 7.63. The van der Waals surface area contributed by atoms with Crippen LogP contribution in [0.4, 0.5) is 13.2 Å². The number of rotatable bonds is 6. The van der Waals surface area contributed by atoms with E-state index in [9.17, 15) is 18.0 Å². The van der Waals surface area contributed by atoms with Gasteiger partial charge in [-0.05, 0) is 18.1 Å². The molecule has 0 aliphatic carbocycles. The smallest absolute Gasteiger partial charge is 0.392 e. The largest absolute Gasteiger partial charge is 0.463 e. The Morgan fingerprint density at radius 1 is 1.16 bits per heavy atom.